The smallest absolute Gasteiger partial charge is 0.352 e. The van der Waals surface area contributed by atoms with Crippen LogP contribution in [0.15, 0.2) is 18.2 Å². The Balaban J connectivity index is 1.33. The van der Waals surface area contributed by atoms with Gasteiger partial charge >= 0.3 is 6.18 Å². The molecule has 2 heterocycles. The molecule has 0 spiro atoms. The Hall–Kier alpha value is -1.65. The minimum Gasteiger partial charge on any atom is -0.352 e. The average molecular weight is 544 g/mol. The molecule has 2 aliphatic heterocycles. The van der Waals surface area contributed by atoms with Gasteiger partial charge in [-0.25, -0.2) is 12.7 Å². The van der Waals surface area contributed by atoms with E-state index in [9.17, 15) is 26.4 Å². The summed E-state index contributed by atoms with van der Waals surface area (Å²) in [5, 5.41) is 3.03. The molecule has 37 heavy (non-hydrogen) atoms. The van der Waals surface area contributed by atoms with Gasteiger partial charge in [-0.15, -0.1) is 0 Å². The molecule has 1 saturated carbocycles. The van der Waals surface area contributed by atoms with Gasteiger partial charge in [-0.2, -0.15) is 13.2 Å². The van der Waals surface area contributed by atoms with Crippen molar-refractivity contribution < 1.29 is 26.4 Å². The molecule has 1 aromatic carbocycles. The summed E-state index contributed by atoms with van der Waals surface area (Å²) in [5.74, 6) is -0.409. The van der Waals surface area contributed by atoms with Crippen molar-refractivity contribution in [2.45, 2.75) is 71.1 Å². The number of amides is 1. The molecule has 1 aliphatic carbocycles. The Morgan fingerprint density at radius 1 is 1.05 bits per heavy atom. The first kappa shape index (κ1) is 28.4. The molecule has 4 rings (SSSR count). The van der Waals surface area contributed by atoms with Crippen LogP contribution in [0.2, 0.25) is 0 Å². The normalized spacial score (nSPS) is 26.4. The van der Waals surface area contributed by atoms with Gasteiger partial charge in [-0.3, -0.25) is 9.69 Å². The summed E-state index contributed by atoms with van der Waals surface area (Å²) in [6, 6.07) is 6.08. The van der Waals surface area contributed by atoms with E-state index in [2.05, 4.69) is 24.1 Å². The monoisotopic (exact) mass is 543 g/mol. The second kappa shape index (κ2) is 11.2. The number of fused-ring (bicyclic) bond motifs is 1. The summed E-state index contributed by atoms with van der Waals surface area (Å²) in [5.41, 5.74) is 2.95. The van der Waals surface area contributed by atoms with Crippen LogP contribution in [0.3, 0.4) is 0 Å². The summed E-state index contributed by atoms with van der Waals surface area (Å²) >= 11 is 0. The maximum absolute atomic E-state index is 13.1. The van der Waals surface area contributed by atoms with Gasteiger partial charge in [-0.1, -0.05) is 19.9 Å². The first-order valence-electron chi connectivity index (χ1n) is 13.5. The Morgan fingerprint density at radius 3 is 2.27 bits per heavy atom. The van der Waals surface area contributed by atoms with Crippen LogP contribution in [0.4, 0.5) is 13.2 Å². The van der Waals surface area contributed by atoms with Crippen molar-refractivity contribution in [1.29, 1.82) is 0 Å². The maximum Gasteiger partial charge on any atom is 0.391 e. The van der Waals surface area contributed by atoms with Gasteiger partial charge in [-0.05, 0) is 79.5 Å². The Bertz CT molecular complexity index is 1060. The lowest BCUT2D eigenvalue weighted by molar-refractivity contribution is -0.184. The Kier molecular flexibility index (Phi) is 8.60. The van der Waals surface area contributed by atoms with Gasteiger partial charge in [0.05, 0.1) is 12.2 Å². The van der Waals surface area contributed by atoms with Crippen molar-refractivity contribution in [1.82, 2.24) is 14.5 Å². The molecular weight excluding hydrogens is 503 g/mol. The predicted octanol–water partition coefficient (Wildman–Crippen LogP) is 4.97. The molecule has 1 saturated heterocycles. The number of nitrogens with one attached hydrogen (secondary N) is 1. The number of piperidine rings is 1. The van der Waals surface area contributed by atoms with Crippen LogP contribution >= 0.6 is 0 Å². The molecule has 0 bridgehead atoms. The summed E-state index contributed by atoms with van der Waals surface area (Å²) in [6.45, 7) is 7.34. The number of hydrogen-bond acceptors (Lipinski definition) is 4. The number of hydrogen-bond donors (Lipinski definition) is 1. The van der Waals surface area contributed by atoms with Crippen molar-refractivity contribution in [3.05, 3.63) is 34.9 Å². The SMILES string of the molecule is CC(C)C1c2ccc(C(=O)NCC3CCN(S(C)(=O)=O)CC3)cc2CN1C[C@H]1CC[C@H](C(F)(F)F)CC1. The quantitative estimate of drug-likeness (QED) is 0.527. The number of rotatable bonds is 7. The van der Waals surface area contributed by atoms with Crippen LogP contribution in [0.5, 0.6) is 0 Å². The molecule has 1 unspecified atom stereocenters. The lowest BCUT2D eigenvalue weighted by Gasteiger charge is -2.35. The van der Waals surface area contributed by atoms with E-state index in [1.54, 1.807) is 0 Å². The van der Waals surface area contributed by atoms with Crippen LogP contribution < -0.4 is 5.32 Å². The number of carbonyl (C=O) groups excluding carboxylic acids is 1. The van der Waals surface area contributed by atoms with Crippen molar-refractivity contribution >= 4 is 15.9 Å². The first-order chi connectivity index (χ1) is 17.3. The van der Waals surface area contributed by atoms with E-state index in [-0.39, 0.29) is 36.6 Å². The number of carbonyl (C=O) groups is 1. The molecule has 6 nitrogen and oxygen atoms in total. The molecule has 2 fully saturated rings. The maximum atomic E-state index is 13.1. The molecule has 3 aliphatic rings. The lowest BCUT2D eigenvalue weighted by atomic mass is 9.81. The molecule has 1 atom stereocenters. The molecule has 1 N–H and O–H groups in total. The van der Waals surface area contributed by atoms with E-state index in [1.807, 2.05) is 18.2 Å². The van der Waals surface area contributed by atoms with Crippen LogP contribution in [0.1, 0.15) is 79.9 Å². The molecule has 1 aromatic rings. The number of sulfonamides is 1. The van der Waals surface area contributed by atoms with Crippen molar-refractivity contribution in [2.75, 3.05) is 32.4 Å². The second-order valence-corrected chi connectivity index (χ2v) is 13.6. The van der Waals surface area contributed by atoms with Crippen LogP contribution in [0, 0.1) is 23.7 Å². The van der Waals surface area contributed by atoms with E-state index in [4.69, 9.17) is 0 Å². The first-order valence-corrected chi connectivity index (χ1v) is 15.3. The van der Waals surface area contributed by atoms with Crippen LogP contribution in [-0.2, 0) is 16.6 Å². The average Bonchev–Trinajstić information content (AvgIpc) is 3.19. The zero-order valence-corrected chi connectivity index (χ0v) is 22.9. The molecule has 0 radical (unpaired) electrons. The molecular formula is C27H40F3N3O3S. The van der Waals surface area contributed by atoms with Gasteiger partial charge < -0.3 is 5.32 Å². The van der Waals surface area contributed by atoms with Crippen molar-refractivity contribution in [2.24, 2.45) is 23.7 Å². The highest BCUT2D eigenvalue weighted by atomic mass is 32.2. The summed E-state index contributed by atoms with van der Waals surface area (Å²) in [7, 11) is -3.17. The summed E-state index contributed by atoms with van der Waals surface area (Å²) in [6.07, 6.45) is 0.266. The lowest BCUT2D eigenvalue weighted by Crippen LogP contribution is -2.41. The minimum absolute atomic E-state index is 0.127. The molecule has 1 amide bonds. The highest BCUT2D eigenvalue weighted by Gasteiger charge is 2.42. The number of benzene rings is 1. The van der Waals surface area contributed by atoms with Crippen molar-refractivity contribution in [3.8, 4) is 0 Å². The Labute approximate surface area is 219 Å². The van der Waals surface area contributed by atoms with Gasteiger partial charge in [0.25, 0.3) is 5.91 Å². The van der Waals surface area contributed by atoms with Gasteiger partial charge in [0.15, 0.2) is 0 Å². The van der Waals surface area contributed by atoms with E-state index in [1.165, 1.54) is 16.1 Å². The zero-order chi connectivity index (χ0) is 27.0. The third-order valence-electron chi connectivity index (χ3n) is 8.52. The van der Waals surface area contributed by atoms with Gasteiger partial charge in [0.1, 0.15) is 0 Å². The van der Waals surface area contributed by atoms with Gasteiger partial charge in [0, 0.05) is 44.3 Å². The molecule has 0 aromatic heterocycles. The van der Waals surface area contributed by atoms with E-state index < -0.39 is 22.1 Å². The number of nitrogens with zero attached hydrogens (tertiary/aromatic N) is 2. The van der Waals surface area contributed by atoms with Crippen LogP contribution in [-0.4, -0.2) is 62.1 Å². The number of halogens is 3. The topological polar surface area (TPSA) is 69.7 Å². The fraction of sp³-hybridized carbons (Fsp3) is 0.741. The van der Waals surface area contributed by atoms with Gasteiger partial charge in [0.2, 0.25) is 10.0 Å². The zero-order valence-electron chi connectivity index (χ0n) is 22.1. The summed E-state index contributed by atoms with van der Waals surface area (Å²) < 4.78 is 64.1. The summed E-state index contributed by atoms with van der Waals surface area (Å²) in [4.78, 5) is 15.3. The standard InChI is InChI=1S/C27H40F3N3O3S/c1-18(2)25-24-9-6-21(26(34)31-15-19-10-12-33(13-11-19)37(3,35)36)14-22(24)17-32(25)16-20-4-7-23(8-5-20)27(28,29)30/h6,9,14,18-20,23,25H,4-5,7-8,10-13,15-17H2,1-3H3,(H,31,34)/t20-,23-,25?. The minimum atomic E-state index is -4.08. The largest absolute Gasteiger partial charge is 0.391 e. The van der Waals surface area contributed by atoms with E-state index in [0.29, 0.717) is 50.5 Å². The Morgan fingerprint density at radius 2 is 1.70 bits per heavy atom. The number of alkyl halides is 3. The highest BCUT2D eigenvalue weighted by Crippen LogP contribution is 2.43. The van der Waals surface area contributed by atoms with Crippen molar-refractivity contribution in [3.63, 3.8) is 0 Å². The molecule has 208 valence electrons. The van der Waals surface area contributed by atoms with Crippen LogP contribution in [0.25, 0.3) is 0 Å². The molecule has 10 heteroatoms. The predicted molar refractivity (Wildman–Crippen MR) is 137 cm³/mol. The third-order valence-corrected chi connectivity index (χ3v) is 9.82. The third kappa shape index (κ3) is 6.87. The second-order valence-electron chi connectivity index (χ2n) is 11.6. The van der Waals surface area contributed by atoms with E-state index >= 15 is 0 Å². The highest BCUT2D eigenvalue weighted by molar-refractivity contribution is 7.88. The van der Waals surface area contributed by atoms with E-state index in [0.717, 1.165) is 24.9 Å². The fourth-order valence-electron chi connectivity index (χ4n) is 6.43. The fourth-order valence-corrected chi connectivity index (χ4v) is 7.31.